The molecule has 3 aliphatic rings. The van der Waals surface area contributed by atoms with Crippen LogP contribution in [0.15, 0.2) is 25.2 Å². The summed E-state index contributed by atoms with van der Waals surface area (Å²) in [5, 5.41) is 11.4. The van der Waals surface area contributed by atoms with Gasteiger partial charge in [-0.05, 0) is 24.3 Å². The van der Waals surface area contributed by atoms with E-state index in [1.807, 2.05) is 0 Å². The van der Waals surface area contributed by atoms with Gasteiger partial charge < -0.3 is 39.8 Å². The van der Waals surface area contributed by atoms with Crippen LogP contribution in [-0.4, -0.2) is 87.4 Å². The molecule has 0 radical (unpaired) electrons. The Hall–Kier alpha value is -2.35. The topological polar surface area (TPSA) is 230 Å². The van der Waals surface area contributed by atoms with E-state index in [4.69, 9.17) is 46.1 Å². The van der Waals surface area contributed by atoms with Crippen molar-refractivity contribution >= 4 is 71.4 Å². The van der Waals surface area contributed by atoms with Crippen LogP contribution in [0.4, 0.5) is 16.0 Å². The maximum absolute atomic E-state index is 16.2. The second-order valence-electron chi connectivity index (χ2n) is 10.9. The van der Waals surface area contributed by atoms with E-state index in [0.29, 0.717) is 11.0 Å². The molecule has 1 aliphatic carbocycles. The average molecular weight is 704 g/mol. The number of ether oxygens (including phenoxy) is 1. The number of nitrogens with zero attached hydrogens (tertiary/aromatic N) is 7. The molecule has 0 amide bonds. The molecular weight excluding hydrogens is 675 g/mol. The number of imidazole rings is 2. The van der Waals surface area contributed by atoms with Crippen LogP contribution in [0.3, 0.4) is 0 Å². The van der Waals surface area contributed by atoms with Gasteiger partial charge in [0.15, 0.2) is 29.7 Å². The Morgan fingerprint density at radius 3 is 2.58 bits per heavy atom. The number of hydrogen-bond acceptors (Lipinski definition) is 15. The number of hydrogen-bond donors (Lipinski definition) is 5. The molecule has 7 rings (SSSR count). The summed E-state index contributed by atoms with van der Waals surface area (Å²) in [5.74, 6) is 0.281. The number of pyridine rings is 1. The first-order valence-corrected chi connectivity index (χ1v) is 19.0. The Kier molecular flexibility index (Phi) is 7.93. The predicted molar refractivity (Wildman–Crippen MR) is 163 cm³/mol. The molecule has 2 bridgehead atoms. The van der Waals surface area contributed by atoms with Gasteiger partial charge in [-0.1, -0.05) is 12.2 Å². The van der Waals surface area contributed by atoms with Gasteiger partial charge in [0.1, 0.15) is 35.7 Å². The van der Waals surface area contributed by atoms with Gasteiger partial charge in [-0.2, -0.15) is 0 Å². The van der Waals surface area contributed by atoms with Gasteiger partial charge in [0.2, 0.25) is 0 Å². The Morgan fingerprint density at radius 2 is 1.78 bits per heavy atom. The molecule has 2 saturated heterocycles. The van der Waals surface area contributed by atoms with E-state index in [9.17, 15) is 14.6 Å². The number of nitrogen functional groups attached to an aromatic ring is 2. The van der Waals surface area contributed by atoms with Crippen LogP contribution in [0.1, 0.15) is 30.7 Å². The zero-order valence-electron chi connectivity index (χ0n) is 23.3. The second-order valence-corrected chi connectivity index (χ2v) is 16.5. The van der Waals surface area contributed by atoms with E-state index in [1.54, 1.807) is 17.7 Å². The molecule has 45 heavy (non-hydrogen) atoms. The average Bonchev–Trinajstić information content (AvgIpc) is 3.73. The summed E-state index contributed by atoms with van der Waals surface area (Å²) in [7, 11) is 0. The minimum atomic E-state index is -4.26. The molecule has 0 aromatic carbocycles. The van der Waals surface area contributed by atoms with Crippen molar-refractivity contribution in [1.29, 1.82) is 0 Å². The molecule has 17 nitrogen and oxygen atoms in total. The smallest absolute Gasteiger partial charge is 0.386 e. The Bertz CT molecular complexity index is 1880. The Labute approximate surface area is 264 Å². The minimum absolute atomic E-state index is 0.0104. The highest BCUT2D eigenvalue weighted by Crippen LogP contribution is 2.59. The zero-order valence-corrected chi connectivity index (χ0v) is 26.8. The first-order valence-electron chi connectivity index (χ1n) is 13.7. The van der Waals surface area contributed by atoms with Crippen molar-refractivity contribution in [2.75, 3.05) is 18.1 Å². The third-order valence-corrected chi connectivity index (χ3v) is 11.3. The molecule has 0 spiro atoms. The molecule has 4 aromatic rings. The van der Waals surface area contributed by atoms with Gasteiger partial charge in [-0.3, -0.25) is 13.6 Å². The summed E-state index contributed by atoms with van der Waals surface area (Å²) in [6, 6.07) is -0.762. The van der Waals surface area contributed by atoms with E-state index >= 15 is 4.39 Å². The van der Waals surface area contributed by atoms with Crippen LogP contribution in [0, 0.1) is 6.92 Å². The fourth-order valence-corrected chi connectivity index (χ4v) is 9.42. The van der Waals surface area contributed by atoms with E-state index in [2.05, 4.69) is 37.2 Å². The molecule has 2 aliphatic heterocycles. The fourth-order valence-electron chi connectivity index (χ4n) is 6.09. The van der Waals surface area contributed by atoms with Crippen LogP contribution >= 0.6 is 25.8 Å². The van der Waals surface area contributed by atoms with Crippen molar-refractivity contribution in [2.45, 2.75) is 68.7 Å². The molecule has 6 N–H and O–H groups in total. The normalized spacial score (nSPS) is 37.7. The maximum Gasteiger partial charge on any atom is 0.386 e. The first-order chi connectivity index (χ1) is 21.3. The molecule has 22 heteroatoms. The number of thiol groups is 1. The van der Waals surface area contributed by atoms with Gasteiger partial charge in [0.25, 0.3) is 0 Å². The lowest BCUT2D eigenvalue weighted by molar-refractivity contribution is -0.0307. The SMILES string of the molecule is Cc1cnc(N)c2ncn([C@@H]3C[C@@H]4OP(O)(=S)O[C@H]5[C@@H](F)[C@H](n6cnc7c(N)ncnc76)O[C@@H]5CCOP(=O)(S)O[C@@H]3[C@@H]4O)c12. The Balaban J connectivity index is 1.22. The van der Waals surface area contributed by atoms with Gasteiger partial charge in [-0.15, -0.1) is 0 Å². The van der Waals surface area contributed by atoms with Crippen LogP contribution in [0.5, 0.6) is 0 Å². The number of fused-ring (bicyclic) bond motifs is 5. The third-order valence-electron chi connectivity index (χ3n) is 8.10. The number of aryl methyl sites for hydroxylation is 1. The van der Waals surface area contributed by atoms with E-state index in [1.165, 1.54) is 23.5 Å². The molecular formula is C23H28FN9O8P2S2. The lowest BCUT2D eigenvalue weighted by Gasteiger charge is -2.27. The summed E-state index contributed by atoms with van der Waals surface area (Å²) >= 11 is 9.48. The zero-order chi connectivity index (χ0) is 31.8. The number of nitrogens with two attached hydrogens (primary N) is 2. The largest absolute Gasteiger partial charge is 0.388 e. The standard InChI is InChI=1S/C23H28FN9O8P2S2/c1-9-5-27-20(25)14-16(9)32(7-30-14)10-4-12-17(34)18(10)40-42(35,44)37-3-2-11-19(41-43(36,45)39-12)13(24)23(38-11)33-8-31-15-21(26)28-6-29-22(15)33/h5-8,10-13,17-19,23,34H,2-4H2,1H3,(H2,25,27)(H,35,44)(H,36,45)(H2,26,28,29)/t10-,11-,12+,13-,17-,18+,19-,23-,42?,43?/m1/s1. The number of halogens is 1. The minimum Gasteiger partial charge on any atom is -0.388 e. The lowest BCUT2D eigenvalue weighted by atomic mass is 10.1. The first kappa shape index (κ1) is 31.3. The number of rotatable bonds is 2. The van der Waals surface area contributed by atoms with Crippen molar-refractivity contribution in [3.05, 3.63) is 30.7 Å². The van der Waals surface area contributed by atoms with Crippen molar-refractivity contribution in [3.8, 4) is 0 Å². The third kappa shape index (κ3) is 5.55. The summed E-state index contributed by atoms with van der Waals surface area (Å²) in [6.07, 6.45) is -4.24. The summed E-state index contributed by atoms with van der Waals surface area (Å²) in [6.45, 7) is -6.89. The monoisotopic (exact) mass is 703 g/mol. The summed E-state index contributed by atoms with van der Waals surface area (Å²) in [5.41, 5.74) is 14.1. The highest BCUT2D eigenvalue weighted by Gasteiger charge is 2.53. The van der Waals surface area contributed by atoms with E-state index < -0.39 is 62.5 Å². The molecule has 10 atom stereocenters. The van der Waals surface area contributed by atoms with Crippen molar-refractivity contribution in [3.63, 3.8) is 0 Å². The summed E-state index contributed by atoms with van der Waals surface area (Å²) in [4.78, 5) is 31.9. The van der Waals surface area contributed by atoms with Gasteiger partial charge >= 0.3 is 13.5 Å². The van der Waals surface area contributed by atoms with Crippen LogP contribution in [0.25, 0.3) is 22.2 Å². The number of anilines is 2. The maximum atomic E-state index is 16.2. The summed E-state index contributed by atoms with van der Waals surface area (Å²) < 4.78 is 61.6. The van der Waals surface area contributed by atoms with Crippen molar-refractivity contribution in [1.82, 2.24) is 34.1 Å². The fraction of sp³-hybridized carbons (Fsp3) is 0.522. The highest BCUT2D eigenvalue weighted by molar-refractivity contribution is 8.44. The number of aliphatic hydroxyl groups excluding tert-OH is 1. The van der Waals surface area contributed by atoms with Crippen molar-refractivity contribution < 1.29 is 41.8 Å². The van der Waals surface area contributed by atoms with Crippen LogP contribution in [-0.2, 0) is 39.2 Å². The van der Waals surface area contributed by atoms with E-state index in [0.717, 1.165) is 5.56 Å². The lowest BCUT2D eigenvalue weighted by Crippen LogP contribution is -2.35. The van der Waals surface area contributed by atoms with Gasteiger partial charge in [0.05, 0.1) is 43.0 Å². The molecule has 3 fully saturated rings. The van der Waals surface area contributed by atoms with Gasteiger partial charge in [0, 0.05) is 19.0 Å². The molecule has 2 unspecified atom stereocenters. The number of alkyl halides is 1. The molecule has 6 heterocycles. The quantitative estimate of drug-likeness (QED) is 0.149. The van der Waals surface area contributed by atoms with Gasteiger partial charge in [-0.25, -0.2) is 33.9 Å². The second kappa shape index (κ2) is 11.4. The number of aromatic nitrogens is 7. The van der Waals surface area contributed by atoms with Crippen LogP contribution < -0.4 is 11.5 Å². The van der Waals surface area contributed by atoms with Crippen LogP contribution in [0.2, 0.25) is 0 Å². The van der Waals surface area contributed by atoms with E-state index in [-0.39, 0.29) is 42.2 Å². The molecule has 242 valence electrons. The highest BCUT2D eigenvalue weighted by atomic mass is 32.7. The predicted octanol–water partition coefficient (Wildman–Crippen LogP) is 2.12. The van der Waals surface area contributed by atoms with Crippen molar-refractivity contribution in [2.24, 2.45) is 0 Å². The number of aliphatic hydroxyl groups is 1. The Morgan fingerprint density at radius 1 is 1.04 bits per heavy atom. The molecule has 1 saturated carbocycles. The molecule has 4 aromatic heterocycles.